The lowest BCUT2D eigenvalue weighted by molar-refractivity contribution is -0.152. The maximum atomic E-state index is 13.7. The summed E-state index contributed by atoms with van der Waals surface area (Å²) < 4.78 is 22.4. The van der Waals surface area contributed by atoms with E-state index in [0.717, 1.165) is 6.42 Å². The fraction of sp³-hybridized carbons (Fsp3) is 0.533. The minimum atomic E-state index is -0.727. The molecule has 4 rings (SSSR count). The molecule has 11 heteroatoms. The van der Waals surface area contributed by atoms with Gasteiger partial charge in [0.25, 0.3) is 0 Å². The number of hydrogen-bond donors (Lipinski definition) is 0. The van der Waals surface area contributed by atoms with Crippen LogP contribution in [0.1, 0.15) is 65.5 Å². The number of esters is 2. The van der Waals surface area contributed by atoms with Crippen molar-refractivity contribution < 1.29 is 33.3 Å². The van der Waals surface area contributed by atoms with Crippen molar-refractivity contribution >= 4 is 34.8 Å². The van der Waals surface area contributed by atoms with Crippen LogP contribution in [0.3, 0.4) is 0 Å². The number of hydrogen-bond acceptors (Lipinski definition) is 10. The molecule has 0 bridgehead atoms. The number of para-hydroxylation sites is 1. The molecule has 0 unspecified atom stereocenters. The van der Waals surface area contributed by atoms with E-state index < -0.39 is 17.6 Å². The van der Waals surface area contributed by atoms with Gasteiger partial charge in [0, 0.05) is 24.4 Å². The van der Waals surface area contributed by atoms with Crippen molar-refractivity contribution in [2.75, 3.05) is 33.9 Å². The van der Waals surface area contributed by atoms with Gasteiger partial charge in [0.2, 0.25) is 5.91 Å². The SMILES string of the molecule is CCOC(=O)[C@@H]1CCCN(C(=O)CC2=CSC3=NC(C)=C(C(=O)OC(C)(C)C)[C@@H](c4cccc(OC)c4OC)N23)C1. The van der Waals surface area contributed by atoms with E-state index in [2.05, 4.69) is 0 Å². The van der Waals surface area contributed by atoms with Gasteiger partial charge in [-0.05, 0) is 58.9 Å². The van der Waals surface area contributed by atoms with Gasteiger partial charge in [0.1, 0.15) is 5.60 Å². The van der Waals surface area contributed by atoms with Gasteiger partial charge in [-0.3, -0.25) is 9.59 Å². The molecule has 0 radical (unpaired) electrons. The number of nitrogens with zero attached hydrogens (tertiary/aromatic N) is 3. The van der Waals surface area contributed by atoms with Crippen molar-refractivity contribution in [3.63, 3.8) is 0 Å². The number of amidine groups is 1. The molecule has 0 aromatic heterocycles. The van der Waals surface area contributed by atoms with Crippen molar-refractivity contribution in [1.29, 1.82) is 0 Å². The summed E-state index contributed by atoms with van der Waals surface area (Å²) in [7, 11) is 3.11. The van der Waals surface area contributed by atoms with Crippen LogP contribution in [0.2, 0.25) is 0 Å². The van der Waals surface area contributed by atoms with E-state index >= 15 is 0 Å². The lowest BCUT2D eigenvalue weighted by Crippen LogP contribution is -2.44. The summed E-state index contributed by atoms with van der Waals surface area (Å²) in [5.41, 5.74) is 1.54. The topological polar surface area (TPSA) is 107 Å². The highest BCUT2D eigenvalue weighted by Gasteiger charge is 2.44. The van der Waals surface area contributed by atoms with Crippen molar-refractivity contribution in [2.45, 2.75) is 65.5 Å². The van der Waals surface area contributed by atoms with Gasteiger partial charge < -0.3 is 28.7 Å². The first kappa shape index (κ1) is 30.5. The number of allylic oxidation sites excluding steroid dienone is 1. The maximum absolute atomic E-state index is 13.7. The van der Waals surface area contributed by atoms with Gasteiger partial charge in [0.15, 0.2) is 16.7 Å². The van der Waals surface area contributed by atoms with Crippen LogP contribution in [0.5, 0.6) is 11.5 Å². The van der Waals surface area contributed by atoms with Crippen molar-refractivity contribution in [3.8, 4) is 11.5 Å². The highest BCUT2D eigenvalue weighted by atomic mass is 32.2. The van der Waals surface area contributed by atoms with Crippen LogP contribution in [-0.2, 0) is 23.9 Å². The van der Waals surface area contributed by atoms with E-state index in [9.17, 15) is 14.4 Å². The molecule has 3 aliphatic rings. The Hall–Kier alpha value is -3.47. The first-order valence-electron chi connectivity index (χ1n) is 13.8. The molecule has 3 heterocycles. The molecular weight excluding hydrogens is 546 g/mol. The van der Waals surface area contributed by atoms with Gasteiger partial charge in [-0.2, -0.15) is 0 Å². The molecule has 0 saturated carbocycles. The standard InChI is InChI=1S/C30H39N3O7S/c1-8-39-27(35)19-11-10-14-32(16-19)23(34)15-20-17-41-29-31-18(2)24(28(36)40-30(3,4)5)25(33(20)29)21-12-9-13-22(37-6)26(21)38-7/h9,12-13,17,19,25H,8,10-11,14-16H2,1-7H3/t19-,25-/m1/s1. The second-order valence-corrected chi connectivity index (χ2v) is 11.9. The zero-order valence-corrected chi connectivity index (χ0v) is 25.6. The fourth-order valence-electron chi connectivity index (χ4n) is 5.31. The Morgan fingerprint density at radius 1 is 1.15 bits per heavy atom. The molecule has 1 amide bonds. The number of methoxy groups -OCH3 is 2. The summed E-state index contributed by atoms with van der Waals surface area (Å²) in [5, 5.41) is 2.55. The van der Waals surface area contributed by atoms with Crippen LogP contribution < -0.4 is 9.47 Å². The molecule has 10 nitrogen and oxygen atoms in total. The van der Waals surface area contributed by atoms with Gasteiger partial charge in [-0.15, -0.1) is 0 Å². The number of thioether (sulfide) groups is 1. The van der Waals surface area contributed by atoms with Crippen LogP contribution in [-0.4, -0.2) is 72.3 Å². The Morgan fingerprint density at radius 3 is 2.56 bits per heavy atom. The third-order valence-electron chi connectivity index (χ3n) is 7.07. The molecule has 41 heavy (non-hydrogen) atoms. The summed E-state index contributed by atoms with van der Waals surface area (Å²) in [6.07, 6.45) is 1.50. The molecule has 0 N–H and O–H groups in total. The molecule has 1 aromatic rings. The number of carbonyl (C=O) groups is 3. The van der Waals surface area contributed by atoms with Crippen LogP contribution >= 0.6 is 11.8 Å². The van der Waals surface area contributed by atoms with Gasteiger partial charge in [0.05, 0.1) is 50.5 Å². The first-order chi connectivity index (χ1) is 19.5. The van der Waals surface area contributed by atoms with Crippen molar-refractivity contribution in [1.82, 2.24) is 9.80 Å². The maximum Gasteiger partial charge on any atom is 0.338 e. The summed E-state index contributed by atoms with van der Waals surface area (Å²) >= 11 is 1.40. The van der Waals surface area contributed by atoms with E-state index in [-0.39, 0.29) is 24.2 Å². The van der Waals surface area contributed by atoms with Crippen LogP contribution in [0, 0.1) is 5.92 Å². The summed E-state index contributed by atoms with van der Waals surface area (Å²) in [4.78, 5) is 48.1. The van der Waals surface area contributed by atoms with E-state index in [4.69, 9.17) is 23.9 Å². The fourth-order valence-corrected chi connectivity index (χ4v) is 6.27. The van der Waals surface area contributed by atoms with E-state index in [1.54, 1.807) is 39.0 Å². The van der Waals surface area contributed by atoms with Crippen molar-refractivity contribution in [3.05, 3.63) is 46.1 Å². The predicted octanol–water partition coefficient (Wildman–Crippen LogP) is 4.81. The highest BCUT2D eigenvalue weighted by molar-refractivity contribution is 8.16. The molecule has 1 fully saturated rings. The average molecular weight is 586 g/mol. The molecule has 0 aliphatic carbocycles. The second-order valence-electron chi connectivity index (χ2n) is 11.1. The van der Waals surface area contributed by atoms with Gasteiger partial charge >= 0.3 is 11.9 Å². The molecule has 1 aromatic carbocycles. The number of rotatable bonds is 8. The summed E-state index contributed by atoms with van der Waals surface area (Å²) in [6.45, 7) is 10.2. The third kappa shape index (κ3) is 6.55. The average Bonchev–Trinajstić information content (AvgIpc) is 3.32. The lowest BCUT2D eigenvalue weighted by Gasteiger charge is -2.38. The molecule has 3 aliphatic heterocycles. The normalized spacial score (nSPS) is 20.7. The molecule has 222 valence electrons. The molecule has 2 atom stereocenters. The van der Waals surface area contributed by atoms with Crippen molar-refractivity contribution in [2.24, 2.45) is 10.9 Å². The van der Waals surface area contributed by atoms with Gasteiger partial charge in [-0.1, -0.05) is 23.9 Å². The molecular formula is C30H39N3O7S. The number of ether oxygens (including phenoxy) is 4. The lowest BCUT2D eigenvalue weighted by atomic mass is 9.92. The van der Waals surface area contributed by atoms with E-state index in [1.165, 1.54) is 11.8 Å². The number of benzene rings is 1. The van der Waals surface area contributed by atoms with Crippen LogP contribution in [0.4, 0.5) is 0 Å². The quantitative estimate of drug-likeness (QED) is 0.397. The van der Waals surface area contributed by atoms with E-state index in [0.29, 0.717) is 65.3 Å². The Morgan fingerprint density at radius 2 is 1.90 bits per heavy atom. The number of piperidine rings is 1. The predicted molar refractivity (Wildman–Crippen MR) is 156 cm³/mol. The number of fused-ring (bicyclic) bond motifs is 1. The zero-order chi connectivity index (χ0) is 29.9. The number of carbonyl (C=O) groups excluding carboxylic acids is 3. The zero-order valence-electron chi connectivity index (χ0n) is 24.8. The largest absolute Gasteiger partial charge is 0.493 e. The van der Waals surface area contributed by atoms with Gasteiger partial charge in [-0.25, -0.2) is 9.79 Å². The highest BCUT2D eigenvalue weighted by Crippen LogP contribution is 2.49. The number of amides is 1. The summed E-state index contributed by atoms with van der Waals surface area (Å²) in [6, 6.07) is 4.83. The van der Waals surface area contributed by atoms with E-state index in [1.807, 2.05) is 43.2 Å². The Kier molecular flexibility index (Phi) is 9.36. The second kappa shape index (κ2) is 12.6. The van der Waals surface area contributed by atoms with Crippen LogP contribution in [0.15, 0.2) is 45.6 Å². The number of likely N-dealkylation sites (tertiary alicyclic amines) is 1. The Labute approximate surface area is 245 Å². The molecule has 0 spiro atoms. The minimum absolute atomic E-state index is 0.0744. The Bertz CT molecular complexity index is 1300. The Balaban J connectivity index is 1.70. The first-order valence-corrected chi connectivity index (χ1v) is 14.7. The minimum Gasteiger partial charge on any atom is -0.493 e. The molecule has 1 saturated heterocycles. The monoisotopic (exact) mass is 585 g/mol. The number of aliphatic imine (C=N–C) groups is 1. The van der Waals surface area contributed by atoms with Crippen LogP contribution in [0.25, 0.3) is 0 Å². The summed E-state index contributed by atoms with van der Waals surface area (Å²) in [5.74, 6) is -0.200. The third-order valence-corrected chi connectivity index (χ3v) is 7.96. The smallest absolute Gasteiger partial charge is 0.338 e.